The Morgan fingerprint density at radius 1 is 1.04 bits per heavy atom. The van der Waals surface area contributed by atoms with Crippen LogP contribution in [0.5, 0.6) is 5.75 Å². The Kier molecular flexibility index (Phi) is 5.73. The largest absolute Gasteiger partial charge is 0.482 e. The number of amides is 1. The molecule has 138 valence electrons. The van der Waals surface area contributed by atoms with Crippen molar-refractivity contribution in [1.29, 1.82) is 0 Å². The van der Waals surface area contributed by atoms with E-state index >= 15 is 0 Å². The zero-order valence-corrected chi connectivity index (χ0v) is 15.0. The first-order chi connectivity index (χ1) is 12.5. The van der Waals surface area contributed by atoms with Gasteiger partial charge < -0.3 is 19.1 Å². The lowest BCUT2D eigenvalue weighted by molar-refractivity contribution is -0.158. The smallest absolute Gasteiger partial charge is 0.344 e. The molecular weight excluding hydrogens is 334 g/mol. The number of carbonyl (C=O) groups is 2. The summed E-state index contributed by atoms with van der Waals surface area (Å²) in [5.74, 6) is -0.199. The number of morpholine rings is 1. The molecule has 26 heavy (non-hydrogen) atoms. The molecule has 1 aliphatic heterocycles. The van der Waals surface area contributed by atoms with Gasteiger partial charge in [0.15, 0.2) is 13.2 Å². The number of rotatable bonds is 5. The Balaban J connectivity index is 1.45. The molecule has 1 heterocycles. The van der Waals surface area contributed by atoms with Crippen LogP contribution < -0.4 is 4.74 Å². The van der Waals surface area contributed by atoms with E-state index in [1.54, 1.807) is 11.0 Å². The standard InChI is InChI=1S/C20H23NO5/c1-14-10-21(11-15(2)26-14)19(22)12-25-20(23)13-24-18-8-7-16-5-3-4-6-17(16)9-18/h3-9,14-15H,10-13H2,1-2H3/t14-,15-/m0/s1. The molecule has 0 N–H and O–H groups in total. The van der Waals surface area contributed by atoms with E-state index < -0.39 is 5.97 Å². The first-order valence-corrected chi connectivity index (χ1v) is 8.72. The summed E-state index contributed by atoms with van der Waals surface area (Å²) in [5.41, 5.74) is 0. The van der Waals surface area contributed by atoms with Crippen molar-refractivity contribution in [3.05, 3.63) is 42.5 Å². The van der Waals surface area contributed by atoms with Crippen LogP contribution in [0.2, 0.25) is 0 Å². The second-order valence-electron chi connectivity index (χ2n) is 6.51. The van der Waals surface area contributed by atoms with Crippen LogP contribution in [0.15, 0.2) is 42.5 Å². The molecule has 0 saturated carbocycles. The number of carbonyl (C=O) groups excluding carboxylic acids is 2. The average Bonchev–Trinajstić information content (AvgIpc) is 2.63. The average molecular weight is 357 g/mol. The van der Waals surface area contributed by atoms with E-state index in [0.717, 1.165) is 10.8 Å². The number of fused-ring (bicyclic) bond motifs is 1. The summed E-state index contributed by atoms with van der Waals surface area (Å²) < 4.78 is 16.1. The Bertz CT molecular complexity index is 781. The fraction of sp³-hybridized carbons (Fsp3) is 0.400. The maximum absolute atomic E-state index is 12.2. The highest BCUT2D eigenvalue weighted by Gasteiger charge is 2.26. The van der Waals surface area contributed by atoms with E-state index in [-0.39, 0.29) is 31.3 Å². The Morgan fingerprint density at radius 2 is 1.73 bits per heavy atom. The second-order valence-corrected chi connectivity index (χ2v) is 6.51. The van der Waals surface area contributed by atoms with Crippen molar-refractivity contribution in [1.82, 2.24) is 4.90 Å². The van der Waals surface area contributed by atoms with Gasteiger partial charge in [-0.05, 0) is 36.8 Å². The van der Waals surface area contributed by atoms with Gasteiger partial charge in [-0.3, -0.25) is 4.79 Å². The number of esters is 1. The van der Waals surface area contributed by atoms with Gasteiger partial charge in [0.2, 0.25) is 0 Å². The Labute approximate surface area is 152 Å². The third kappa shape index (κ3) is 4.73. The minimum Gasteiger partial charge on any atom is -0.482 e. The van der Waals surface area contributed by atoms with Gasteiger partial charge in [0.25, 0.3) is 5.91 Å². The van der Waals surface area contributed by atoms with Crippen LogP contribution in [-0.2, 0) is 19.1 Å². The van der Waals surface area contributed by atoms with Crippen LogP contribution in [-0.4, -0.2) is 55.3 Å². The van der Waals surface area contributed by atoms with Crippen molar-refractivity contribution in [3.8, 4) is 5.75 Å². The van der Waals surface area contributed by atoms with Gasteiger partial charge in [-0.1, -0.05) is 30.3 Å². The quantitative estimate of drug-likeness (QED) is 0.769. The zero-order valence-electron chi connectivity index (χ0n) is 15.0. The van der Waals surface area contributed by atoms with Crippen molar-refractivity contribution >= 4 is 22.6 Å². The van der Waals surface area contributed by atoms with Crippen molar-refractivity contribution in [2.24, 2.45) is 0 Å². The number of benzene rings is 2. The molecule has 0 aromatic heterocycles. The molecule has 1 fully saturated rings. The van der Waals surface area contributed by atoms with E-state index in [4.69, 9.17) is 14.2 Å². The first-order valence-electron chi connectivity index (χ1n) is 8.72. The third-order valence-corrected chi connectivity index (χ3v) is 4.21. The van der Waals surface area contributed by atoms with E-state index in [1.807, 2.05) is 50.2 Å². The van der Waals surface area contributed by atoms with Crippen molar-refractivity contribution in [3.63, 3.8) is 0 Å². The first kappa shape index (κ1) is 18.2. The Hall–Kier alpha value is -2.60. The summed E-state index contributed by atoms with van der Waals surface area (Å²) in [6, 6.07) is 13.5. The van der Waals surface area contributed by atoms with Crippen molar-refractivity contribution in [2.45, 2.75) is 26.1 Å². The normalized spacial score (nSPS) is 20.0. The number of hydrogen-bond donors (Lipinski definition) is 0. The number of ether oxygens (including phenoxy) is 3. The molecule has 0 bridgehead atoms. The molecule has 3 rings (SSSR count). The van der Waals surface area contributed by atoms with Crippen LogP contribution in [0.25, 0.3) is 10.8 Å². The van der Waals surface area contributed by atoms with Crippen LogP contribution in [0.1, 0.15) is 13.8 Å². The molecule has 2 aromatic rings. The predicted molar refractivity (Wildman–Crippen MR) is 97.0 cm³/mol. The van der Waals surface area contributed by atoms with Gasteiger partial charge in [-0.2, -0.15) is 0 Å². The lowest BCUT2D eigenvalue weighted by Crippen LogP contribution is -2.49. The fourth-order valence-corrected chi connectivity index (χ4v) is 3.06. The molecule has 6 nitrogen and oxygen atoms in total. The number of nitrogens with zero attached hydrogens (tertiary/aromatic N) is 1. The fourth-order valence-electron chi connectivity index (χ4n) is 3.06. The monoisotopic (exact) mass is 357 g/mol. The van der Waals surface area contributed by atoms with Crippen molar-refractivity contribution < 1.29 is 23.8 Å². The minimum absolute atomic E-state index is 0.0189. The lowest BCUT2D eigenvalue weighted by atomic mass is 10.1. The highest BCUT2D eigenvalue weighted by atomic mass is 16.6. The molecular formula is C20H23NO5. The molecule has 0 radical (unpaired) electrons. The topological polar surface area (TPSA) is 65.1 Å². The van der Waals surface area contributed by atoms with Crippen LogP contribution in [0.4, 0.5) is 0 Å². The third-order valence-electron chi connectivity index (χ3n) is 4.21. The molecule has 2 aromatic carbocycles. The second kappa shape index (κ2) is 8.19. The van der Waals surface area contributed by atoms with E-state index in [1.165, 1.54) is 0 Å². The molecule has 1 saturated heterocycles. The SMILES string of the molecule is C[C@H]1CN(C(=O)COC(=O)COc2ccc3ccccc3c2)C[C@H](C)O1. The molecule has 6 heteroatoms. The van der Waals surface area contributed by atoms with Gasteiger partial charge in [0, 0.05) is 13.1 Å². The van der Waals surface area contributed by atoms with Crippen molar-refractivity contribution in [2.75, 3.05) is 26.3 Å². The summed E-state index contributed by atoms with van der Waals surface area (Å²) in [6.45, 7) is 4.34. The predicted octanol–water partition coefficient (Wildman–Crippen LogP) is 2.40. The minimum atomic E-state index is -0.569. The summed E-state index contributed by atoms with van der Waals surface area (Å²) in [6.07, 6.45) is -0.0377. The molecule has 0 aliphatic carbocycles. The molecule has 1 aliphatic rings. The summed E-state index contributed by atoms with van der Waals surface area (Å²) >= 11 is 0. The van der Waals surface area contributed by atoms with E-state index in [2.05, 4.69) is 0 Å². The number of hydrogen-bond acceptors (Lipinski definition) is 5. The molecule has 1 amide bonds. The summed E-state index contributed by atoms with van der Waals surface area (Å²) in [4.78, 5) is 25.7. The maximum atomic E-state index is 12.2. The highest BCUT2D eigenvalue weighted by molar-refractivity contribution is 5.84. The maximum Gasteiger partial charge on any atom is 0.344 e. The van der Waals surface area contributed by atoms with E-state index in [9.17, 15) is 9.59 Å². The molecule has 0 unspecified atom stereocenters. The summed E-state index contributed by atoms with van der Waals surface area (Å²) in [7, 11) is 0. The molecule has 2 atom stereocenters. The van der Waals surface area contributed by atoms with Gasteiger partial charge in [-0.25, -0.2) is 4.79 Å². The van der Waals surface area contributed by atoms with E-state index in [0.29, 0.717) is 18.8 Å². The summed E-state index contributed by atoms with van der Waals surface area (Å²) in [5, 5.41) is 2.13. The van der Waals surface area contributed by atoms with Gasteiger partial charge in [0.1, 0.15) is 5.75 Å². The van der Waals surface area contributed by atoms with Crippen LogP contribution in [0, 0.1) is 0 Å². The van der Waals surface area contributed by atoms with Crippen LogP contribution in [0.3, 0.4) is 0 Å². The van der Waals surface area contributed by atoms with Gasteiger partial charge in [-0.15, -0.1) is 0 Å². The highest BCUT2D eigenvalue weighted by Crippen LogP contribution is 2.20. The van der Waals surface area contributed by atoms with Crippen LogP contribution >= 0.6 is 0 Å². The Morgan fingerprint density at radius 3 is 2.46 bits per heavy atom. The van der Waals surface area contributed by atoms with Gasteiger partial charge in [0.05, 0.1) is 12.2 Å². The lowest BCUT2D eigenvalue weighted by Gasteiger charge is -2.35. The molecule has 0 spiro atoms. The van der Waals surface area contributed by atoms with Gasteiger partial charge >= 0.3 is 5.97 Å². The zero-order chi connectivity index (χ0) is 18.5.